The van der Waals surface area contributed by atoms with Gasteiger partial charge in [-0.15, -0.1) is 0 Å². The second-order valence-corrected chi connectivity index (χ2v) is 6.16. The van der Waals surface area contributed by atoms with Gasteiger partial charge in [0.15, 0.2) is 0 Å². The molecule has 1 aromatic carbocycles. The molecule has 0 amide bonds. The number of aromatic nitrogens is 1. The maximum Gasteiger partial charge on any atom is 0.255 e. The molecule has 0 saturated heterocycles. The summed E-state index contributed by atoms with van der Waals surface area (Å²) in [6.45, 7) is 3.88. The van der Waals surface area contributed by atoms with Gasteiger partial charge in [-0.05, 0) is 38.1 Å². The van der Waals surface area contributed by atoms with E-state index >= 15 is 0 Å². The van der Waals surface area contributed by atoms with E-state index in [2.05, 4.69) is 0 Å². The Labute approximate surface area is 133 Å². The molecule has 0 atom stereocenters. The summed E-state index contributed by atoms with van der Waals surface area (Å²) in [4.78, 5) is 12.5. The van der Waals surface area contributed by atoms with Crippen LogP contribution in [0.1, 0.15) is 25.0 Å². The van der Waals surface area contributed by atoms with Crippen molar-refractivity contribution < 1.29 is 4.74 Å². The molecule has 5 heteroatoms. The van der Waals surface area contributed by atoms with Crippen molar-refractivity contribution in [2.45, 2.75) is 19.4 Å². The molecule has 0 bridgehead atoms. The van der Waals surface area contributed by atoms with Crippen LogP contribution < -0.4 is 16.0 Å². The summed E-state index contributed by atoms with van der Waals surface area (Å²) in [6, 6.07) is 10.6. The summed E-state index contributed by atoms with van der Waals surface area (Å²) in [7, 11) is 0. The minimum Gasteiger partial charge on any atom is -0.483 e. The Morgan fingerprint density at radius 3 is 2.73 bits per heavy atom. The number of hydrogen-bond acceptors (Lipinski definition) is 3. The Hall–Kier alpha value is -2.40. The number of pyridine rings is 1. The molecule has 1 aliphatic heterocycles. The summed E-state index contributed by atoms with van der Waals surface area (Å²) < 4.78 is 7.61. The van der Waals surface area contributed by atoms with Crippen LogP contribution in [0.2, 0.25) is 0 Å². The van der Waals surface area contributed by atoms with Crippen molar-refractivity contribution in [1.82, 2.24) is 4.57 Å². The second kappa shape index (κ2) is 5.10. The molecular weight excluding hydrogens is 296 g/mol. The summed E-state index contributed by atoms with van der Waals surface area (Å²) >= 11 is 5.02. The predicted octanol–water partition coefficient (Wildman–Crippen LogP) is 2.54. The number of hydrogen-bond donors (Lipinski definition) is 1. The molecule has 0 radical (unpaired) electrons. The Morgan fingerprint density at radius 1 is 1.27 bits per heavy atom. The monoisotopic (exact) mass is 312 g/mol. The first-order valence-corrected chi connectivity index (χ1v) is 7.32. The van der Waals surface area contributed by atoms with Gasteiger partial charge in [0, 0.05) is 23.4 Å². The molecule has 4 nitrogen and oxygen atoms in total. The first-order valence-electron chi connectivity index (χ1n) is 6.91. The van der Waals surface area contributed by atoms with Crippen LogP contribution in [0.15, 0.2) is 53.5 Å². The van der Waals surface area contributed by atoms with Crippen LogP contribution in [0.3, 0.4) is 0 Å². The summed E-state index contributed by atoms with van der Waals surface area (Å²) in [5.74, 6) is 0.670. The first-order chi connectivity index (χ1) is 10.4. The van der Waals surface area contributed by atoms with Crippen molar-refractivity contribution in [3.8, 4) is 5.75 Å². The lowest BCUT2D eigenvalue weighted by Crippen LogP contribution is -2.32. The highest BCUT2D eigenvalue weighted by atomic mass is 32.1. The number of nitrogens with zero attached hydrogens (tertiary/aromatic N) is 1. The van der Waals surface area contributed by atoms with Crippen molar-refractivity contribution in [1.29, 1.82) is 0 Å². The zero-order valence-electron chi connectivity index (χ0n) is 12.4. The minimum atomic E-state index is -0.535. The summed E-state index contributed by atoms with van der Waals surface area (Å²) in [5.41, 5.74) is 7.45. The zero-order valence-corrected chi connectivity index (χ0v) is 13.2. The van der Waals surface area contributed by atoms with E-state index in [0.29, 0.717) is 10.7 Å². The molecule has 0 spiro atoms. The number of fused-ring (bicyclic) bond motifs is 1. The molecule has 22 heavy (non-hydrogen) atoms. The maximum atomic E-state index is 12.2. The van der Waals surface area contributed by atoms with Crippen LogP contribution in [-0.4, -0.2) is 15.2 Å². The summed E-state index contributed by atoms with van der Waals surface area (Å²) in [5, 5.41) is 0. The van der Waals surface area contributed by atoms with Gasteiger partial charge in [0.2, 0.25) is 0 Å². The van der Waals surface area contributed by atoms with E-state index in [1.165, 1.54) is 6.07 Å². The molecule has 0 saturated carbocycles. The molecule has 112 valence electrons. The highest BCUT2D eigenvalue weighted by Gasteiger charge is 2.28. The van der Waals surface area contributed by atoms with E-state index in [0.717, 1.165) is 16.8 Å². The van der Waals surface area contributed by atoms with Gasteiger partial charge in [-0.25, -0.2) is 0 Å². The molecule has 1 aliphatic rings. The van der Waals surface area contributed by atoms with Gasteiger partial charge >= 0.3 is 0 Å². The van der Waals surface area contributed by atoms with Crippen LogP contribution in [0, 0.1) is 0 Å². The number of benzene rings is 1. The van der Waals surface area contributed by atoms with Crippen molar-refractivity contribution in [2.24, 2.45) is 5.73 Å². The highest BCUT2D eigenvalue weighted by molar-refractivity contribution is 7.80. The van der Waals surface area contributed by atoms with E-state index in [-0.39, 0.29) is 5.56 Å². The van der Waals surface area contributed by atoms with Gasteiger partial charge in [-0.2, -0.15) is 0 Å². The standard InChI is InChI=1S/C17H16N2O2S/c1-17(2)10-13(19-8-4-3-5-15(19)20)12-7-6-11(16(18)22)9-14(12)21-17/h3-10H,1-2H3,(H2,18,22). The second-order valence-electron chi connectivity index (χ2n) is 5.72. The van der Waals surface area contributed by atoms with Crippen molar-refractivity contribution in [3.05, 3.63) is 70.2 Å². The van der Waals surface area contributed by atoms with E-state index in [4.69, 9.17) is 22.7 Å². The molecule has 3 rings (SSSR count). The fourth-order valence-electron chi connectivity index (χ4n) is 2.52. The Balaban J connectivity index is 2.23. The Kier molecular flexibility index (Phi) is 3.37. The van der Waals surface area contributed by atoms with Gasteiger partial charge < -0.3 is 10.5 Å². The Morgan fingerprint density at radius 2 is 2.05 bits per heavy atom. The quantitative estimate of drug-likeness (QED) is 0.866. The van der Waals surface area contributed by atoms with Gasteiger partial charge in [0.05, 0.1) is 5.70 Å². The molecule has 0 fully saturated rings. The van der Waals surface area contributed by atoms with Gasteiger partial charge in [0.25, 0.3) is 5.56 Å². The van der Waals surface area contributed by atoms with Crippen molar-refractivity contribution in [3.63, 3.8) is 0 Å². The lowest BCUT2D eigenvalue weighted by atomic mass is 9.97. The third-order valence-electron chi connectivity index (χ3n) is 3.48. The third-order valence-corrected chi connectivity index (χ3v) is 3.72. The zero-order chi connectivity index (χ0) is 15.9. The molecule has 0 unspecified atom stereocenters. The molecule has 0 aliphatic carbocycles. The summed E-state index contributed by atoms with van der Waals surface area (Å²) in [6.07, 6.45) is 3.69. The van der Waals surface area contributed by atoms with E-state index in [9.17, 15) is 4.79 Å². The lowest BCUT2D eigenvalue weighted by molar-refractivity contribution is 0.157. The molecule has 1 aromatic heterocycles. The van der Waals surface area contributed by atoms with Crippen molar-refractivity contribution >= 4 is 22.9 Å². The SMILES string of the molecule is CC1(C)C=C(n2ccccc2=O)c2ccc(C(N)=S)cc2O1. The van der Waals surface area contributed by atoms with Crippen LogP contribution >= 0.6 is 12.2 Å². The third kappa shape index (κ3) is 2.55. The van der Waals surface area contributed by atoms with Crippen molar-refractivity contribution in [2.75, 3.05) is 0 Å². The maximum absolute atomic E-state index is 12.2. The van der Waals surface area contributed by atoms with Gasteiger partial charge in [-0.1, -0.05) is 24.4 Å². The molecule has 2 N–H and O–H groups in total. The fraction of sp³-hybridized carbons (Fsp3) is 0.176. The minimum absolute atomic E-state index is 0.0872. The highest BCUT2D eigenvalue weighted by Crippen LogP contribution is 2.36. The number of nitrogens with two attached hydrogens (primary N) is 1. The van der Waals surface area contributed by atoms with E-state index in [1.54, 1.807) is 16.8 Å². The lowest BCUT2D eigenvalue weighted by Gasteiger charge is -2.31. The molecular formula is C17H16N2O2S. The first kappa shape index (κ1) is 14.5. The number of rotatable bonds is 2. The average molecular weight is 312 g/mol. The van der Waals surface area contributed by atoms with E-state index in [1.807, 2.05) is 44.2 Å². The predicted molar refractivity (Wildman–Crippen MR) is 91.1 cm³/mol. The van der Waals surface area contributed by atoms with Gasteiger partial charge in [0.1, 0.15) is 16.3 Å². The van der Waals surface area contributed by atoms with Crippen LogP contribution in [-0.2, 0) is 0 Å². The normalized spacial score (nSPS) is 15.5. The van der Waals surface area contributed by atoms with E-state index < -0.39 is 5.60 Å². The van der Waals surface area contributed by atoms with Crippen LogP contribution in [0.25, 0.3) is 5.70 Å². The average Bonchev–Trinajstić information content (AvgIpc) is 2.45. The fourth-order valence-corrected chi connectivity index (χ4v) is 2.64. The van der Waals surface area contributed by atoms with Crippen LogP contribution in [0.4, 0.5) is 0 Å². The van der Waals surface area contributed by atoms with Crippen LogP contribution in [0.5, 0.6) is 5.75 Å². The molecule has 2 heterocycles. The smallest absolute Gasteiger partial charge is 0.255 e. The number of ether oxygens (including phenoxy) is 1. The molecule has 2 aromatic rings. The largest absolute Gasteiger partial charge is 0.483 e. The number of thiocarbonyl (C=S) groups is 1. The van der Waals surface area contributed by atoms with Gasteiger partial charge in [-0.3, -0.25) is 9.36 Å². The topological polar surface area (TPSA) is 57.2 Å². The Bertz CT molecular complexity index is 850.